The van der Waals surface area contributed by atoms with Crippen LogP contribution in [0.2, 0.25) is 0 Å². The van der Waals surface area contributed by atoms with Crippen molar-refractivity contribution < 1.29 is 21.7 Å². The molecule has 0 aliphatic rings. The Bertz CT molecular complexity index is 777. The van der Waals surface area contributed by atoms with Gasteiger partial charge < -0.3 is 9.09 Å². The van der Waals surface area contributed by atoms with Crippen molar-refractivity contribution in [2.75, 3.05) is 0 Å². The molecule has 0 aliphatic carbocycles. The van der Waals surface area contributed by atoms with Crippen LogP contribution >= 0.6 is 0 Å². The summed E-state index contributed by atoms with van der Waals surface area (Å²) in [6, 6.07) is 0.958. The van der Waals surface area contributed by atoms with Crippen LogP contribution in [0.4, 0.5) is 8.78 Å². The Kier molecular flexibility index (Phi) is 4.83. The Labute approximate surface area is 132 Å². The Morgan fingerprint density at radius 1 is 1.30 bits per heavy atom. The van der Waals surface area contributed by atoms with Crippen LogP contribution in [0.25, 0.3) is 0 Å². The molecule has 0 amide bonds. The molecule has 0 aliphatic heterocycles. The molecule has 0 unspecified atom stereocenters. The Morgan fingerprint density at radius 2 is 2.00 bits per heavy atom. The predicted octanol–water partition coefficient (Wildman–Crippen LogP) is 2.21. The molecule has 2 rings (SSSR count). The van der Waals surface area contributed by atoms with Crippen molar-refractivity contribution in [2.24, 2.45) is 0 Å². The molecule has 0 fully saturated rings. The van der Waals surface area contributed by atoms with E-state index in [4.69, 9.17) is 0 Å². The Morgan fingerprint density at radius 3 is 2.57 bits per heavy atom. The molecular weight excluding hydrogens is 330 g/mol. The molecule has 0 spiro atoms. The first-order valence-electron chi connectivity index (χ1n) is 7.05. The smallest absolute Gasteiger partial charge is 0.304 e. The van der Waals surface area contributed by atoms with Gasteiger partial charge in [0.25, 0.3) is 0 Å². The third kappa shape index (κ3) is 4.34. The second-order valence-electron chi connectivity index (χ2n) is 5.42. The number of nitrogens with zero attached hydrogens (tertiary/aromatic N) is 4. The summed E-state index contributed by atoms with van der Waals surface area (Å²) in [7, 11) is -3.64. The van der Waals surface area contributed by atoms with Gasteiger partial charge in [0.1, 0.15) is 17.4 Å². The Balaban J connectivity index is 2.15. The quantitative estimate of drug-likeness (QED) is 0.762. The molecule has 0 radical (unpaired) electrons. The molecule has 0 saturated carbocycles. The lowest BCUT2D eigenvalue weighted by atomic mass is 10.3. The minimum Gasteiger partial charge on any atom is -0.355 e. The summed E-state index contributed by atoms with van der Waals surface area (Å²) in [6.07, 6.45) is 0.810. The van der Waals surface area contributed by atoms with E-state index in [-0.39, 0.29) is 11.4 Å². The molecule has 0 atom stereocenters. The van der Waals surface area contributed by atoms with Gasteiger partial charge in [-0.05, 0) is 13.3 Å². The topological polar surface area (TPSA) is 90.9 Å². The van der Waals surface area contributed by atoms with Crippen molar-refractivity contribution in [1.82, 2.24) is 19.9 Å². The number of hydrogen-bond donors (Lipinski definition) is 0. The van der Waals surface area contributed by atoms with Crippen LogP contribution in [-0.4, -0.2) is 28.3 Å². The fourth-order valence-corrected chi connectivity index (χ4v) is 3.40. The summed E-state index contributed by atoms with van der Waals surface area (Å²) in [5.41, 5.74) is -0.0557. The lowest BCUT2D eigenvalue weighted by molar-refractivity contribution is -0.0105. The van der Waals surface area contributed by atoms with Crippen molar-refractivity contribution in [3.8, 4) is 0 Å². The summed E-state index contributed by atoms with van der Waals surface area (Å²) in [4.78, 5) is 0. The van der Waals surface area contributed by atoms with Gasteiger partial charge in [-0.15, -0.1) is 10.2 Å². The first-order chi connectivity index (χ1) is 10.6. The highest BCUT2D eigenvalue weighted by molar-refractivity contribution is 7.89. The van der Waals surface area contributed by atoms with Crippen LogP contribution < -0.4 is 0 Å². The molecular formula is C13H18F2N4O3S. The molecule has 2 heterocycles. The van der Waals surface area contributed by atoms with Crippen LogP contribution in [-0.2, 0) is 33.8 Å². The van der Waals surface area contributed by atoms with E-state index < -0.39 is 27.3 Å². The summed E-state index contributed by atoms with van der Waals surface area (Å²) in [6.45, 7) is 4.97. The monoisotopic (exact) mass is 348 g/mol. The van der Waals surface area contributed by atoms with Crippen molar-refractivity contribution in [1.29, 1.82) is 0 Å². The fraction of sp³-hybridized carbons (Fsp3) is 0.615. The zero-order valence-corrected chi connectivity index (χ0v) is 13.9. The maximum absolute atomic E-state index is 13.1. The highest BCUT2D eigenvalue weighted by Gasteiger charge is 2.31. The van der Waals surface area contributed by atoms with E-state index in [2.05, 4.69) is 19.9 Å². The van der Waals surface area contributed by atoms with E-state index in [1.807, 2.05) is 6.92 Å². The molecule has 7 nitrogen and oxygen atoms in total. The highest BCUT2D eigenvalue weighted by atomic mass is 32.2. The first kappa shape index (κ1) is 17.5. The first-order valence-corrected chi connectivity index (χ1v) is 8.87. The van der Waals surface area contributed by atoms with E-state index in [1.54, 1.807) is 11.5 Å². The van der Waals surface area contributed by atoms with Gasteiger partial charge in [-0.25, -0.2) is 8.42 Å². The molecule has 2 aromatic heterocycles. The lowest BCUT2D eigenvalue weighted by Crippen LogP contribution is -2.13. The zero-order valence-electron chi connectivity index (χ0n) is 13.1. The molecule has 0 bridgehead atoms. The van der Waals surface area contributed by atoms with Gasteiger partial charge in [0.15, 0.2) is 9.84 Å². The van der Waals surface area contributed by atoms with E-state index in [0.29, 0.717) is 25.1 Å². The van der Waals surface area contributed by atoms with Crippen molar-refractivity contribution >= 4 is 9.84 Å². The SMILES string of the molecule is CCCn1c(C)nnc1CS(=O)(=O)Cc1cc(C(C)(F)F)on1. The number of halogens is 2. The third-order valence-corrected chi connectivity index (χ3v) is 4.60. The fourth-order valence-electron chi connectivity index (χ4n) is 2.11. The van der Waals surface area contributed by atoms with Gasteiger partial charge in [0, 0.05) is 19.5 Å². The summed E-state index contributed by atoms with van der Waals surface area (Å²) in [5.74, 6) is -3.73. The van der Waals surface area contributed by atoms with Crippen molar-refractivity contribution in [2.45, 2.75) is 51.2 Å². The summed E-state index contributed by atoms with van der Waals surface area (Å²) in [5, 5.41) is 11.1. The standard InChI is InChI=1S/C13H18F2N4O3S/c1-4-5-19-9(2)16-17-12(19)8-23(20,21)7-10-6-11(22-18-10)13(3,14)15/h6H,4-5,7-8H2,1-3H3. The molecule has 23 heavy (non-hydrogen) atoms. The highest BCUT2D eigenvalue weighted by Crippen LogP contribution is 2.27. The van der Waals surface area contributed by atoms with Crippen LogP contribution in [0.5, 0.6) is 0 Å². The Hall–Kier alpha value is -1.84. The number of alkyl halides is 2. The zero-order chi connectivity index (χ0) is 17.3. The van der Waals surface area contributed by atoms with E-state index in [1.165, 1.54) is 0 Å². The van der Waals surface area contributed by atoms with Gasteiger partial charge in [0.2, 0.25) is 5.76 Å². The molecule has 0 N–H and O–H groups in total. The third-order valence-electron chi connectivity index (χ3n) is 3.17. The van der Waals surface area contributed by atoms with Crippen LogP contribution in [0.1, 0.15) is 43.4 Å². The van der Waals surface area contributed by atoms with Gasteiger partial charge in [-0.2, -0.15) is 8.78 Å². The number of hydrogen-bond acceptors (Lipinski definition) is 6. The average Bonchev–Trinajstić information content (AvgIpc) is 2.99. The average molecular weight is 348 g/mol. The van der Waals surface area contributed by atoms with Crippen LogP contribution in [0.15, 0.2) is 10.6 Å². The number of aromatic nitrogens is 4. The number of sulfone groups is 1. The van der Waals surface area contributed by atoms with Gasteiger partial charge >= 0.3 is 5.92 Å². The van der Waals surface area contributed by atoms with Gasteiger partial charge in [0.05, 0.1) is 11.4 Å². The van der Waals surface area contributed by atoms with Crippen molar-refractivity contribution in [3.63, 3.8) is 0 Å². The molecule has 128 valence electrons. The van der Waals surface area contributed by atoms with E-state index in [9.17, 15) is 17.2 Å². The second kappa shape index (κ2) is 6.34. The minimum atomic E-state index is -3.64. The molecule has 10 heteroatoms. The molecule has 2 aromatic rings. The van der Waals surface area contributed by atoms with Gasteiger partial charge in [-0.3, -0.25) is 0 Å². The maximum Gasteiger partial charge on any atom is 0.304 e. The van der Waals surface area contributed by atoms with Crippen LogP contribution in [0.3, 0.4) is 0 Å². The summed E-state index contributed by atoms with van der Waals surface area (Å²) < 4.78 is 56.9. The lowest BCUT2D eigenvalue weighted by Gasteiger charge is -2.07. The predicted molar refractivity (Wildman–Crippen MR) is 77.4 cm³/mol. The van der Waals surface area contributed by atoms with Crippen LogP contribution in [0, 0.1) is 6.92 Å². The van der Waals surface area contributed by atoms with Gasteiger partial charge in [-0.1, -0.05) is 12.1 Å². The largest absolute Gasteiger partial charge is 0.355 e. The number of rotatable bonds is 7. The van der Waals surface area contributed by atoms with E-state index >= 15 is 0 Å². The summed E-state index contributed by atoms with van der Waals surface area (Å²) >= 11 is 0. The van der Waals surface area contributed by atoms with Crippen molar-refractivity contribution in [3.05, 3.63) is 29.2 Å². The normalized spacial score (nSPS) is 12.7. The number of aryl methyl sites for hydroxylation is 1. The van der Waals surface area contributed by atoms with E-state index in [0.717, 1.165) is 12.5 Å². The maximum atomic E-state index is 13.1. The minimum absolute atomic E-state index is 0.0557. The molecule has 0 saturated heterocycles. The second-order valence-corrected chi connectivity index (χ2v) is 7.48. The molecule has 0 aromatic carbocycles.